The van der Waals surface area contributed by atoms with Crippen molar-refractivity contribution in [2.45, 2.75) is 6.92 Å². The van der Waals surface area contributed by atoms with Crippen molar-refractivity contribution >= 4 is 61.6 Å². The number of rotatable bonds is 5. The van der Waals surface area contributed by atoms with Gasteiger partial charge in [0, 0.05) is 11.1 Å². The molecule has 0 unspecified atom stereocenters. The van der Waals surface area contributed by atoms with E-state index >= 15 is 0 Å². The van der Waals surface area contributed by atoms with Gasteiger partial charge in [-0.2, -0.15) is 5.10 Å². The highest BCUT2D eigenvalue weighted by Crippen LogP contribution is 2.33. The van der Waals surface area contributed by atoms with Crippen LogP contribution in [0.25, 0.3) is 11.0 Å². The molecule has 194 valence electrons. The van der Waals surface area contributed by atoms with Gasteiger partial charge < -0.3 is 4.42 Å². The molecule has 5 aromatic rings. The van der Waals surface area contributed by atoms with Crippen LogP contribution in [0.1, 0.15) is 12.5 Å². The van der Waals surface area contributed by atoms with Crippen molar-refractivity contribution in [3.05, 3.63) is 137 Å². The summed E-state index contributed by atoms with van der Waals surface area (Å²) in [4.78, 5) is 24.5. The maximum Gasteiger partial charge on any atom is 0.345 e. The maximum atomic E-state index is 12.7. The molecule has 1 aliphatic rings. The zero-order chi connectivity index (χ0) is 27.3. The molecule has 0 amide bonds. The molecule has 40 heavy (non-hydrogen) atoms. The summed E-state index contributed by atoms with van der Waals surface area (Å²) in [6.45, 7) is 1.75. The van der Waals surface area contributed by atoms with E-state index in [-0.39, 0.29) is 0 Å². The molecule has 0 saturated carbocycles. The van der Waals surface area contributed by atoms with Crippen LogP contribution in [0.3, 0.4) is 0 Å². The van der Waals surface area contributed by atoms with Crippen molar-refractivity contribution in [2.24, 2.45) is 20.2 Å². The van der Waals surface area contributed by atoms with Crippen molar-refractivity contribution in [2.75, 3.05) is 4.90 Å². The van der Waals surface area contributed by atoms with Gasteiger partial charge in [0.1, 0.15) is 10.6 Å². The summed E-state index contributed by atoms with van der Waals surface area (Å²) in [6.07, 6.45) is 0. The van der Waals surface area contributed by atoms with Crippen LogP contribution in [-0.4, -0.2) is 21.8 Å². The van der Waals surface area contributed by atoms with E-state index in [2.05, 4.69) is 10.2 Å². The predicted octanol–water partition coefficient (Wildman–Crippen LogP) is 7.59. The molecule has 0 N–H and O–H groups in total. The summed E-state index contributed by atoms with van der Waals surface area (Å²) >= 11 is 1.37. The lowest BCUT2D eigenvalue weighted by molar-refractivity contribution is 0.559. The normalized spacial score (nSPS) is 16.9. The Morgan fingerprint density at radius 1 is 0.750 bits per heavy atom. The van der Waals surface area contributed by atoms with Crippen LogP contribution < -0.4 is 10.5 Å². The van der Waals surface area contributed by atoms with Crippen LogP contribution >= 0.6 is 11.8 Å². The van der Waals surface area contributed by atoms with Crippen LogP contribution in [0.5, 0.6) is 0 Å². The van der Waals surface area contributed by atoms with Gasteiger partial charge in [0.05, 0.1) is 22.6 Å². The molecule has 2 heterocycles. The standard InChI is InChI=1S/C32H23N5O2S/c1-22(27-21-23-13-11-12-20-28(23)39-31(27)38)35-36-32-37(26-18-9-4-10-19-26)29(33-24-14-5-2-6-15-24)30(40-32)34-25-16-7-3-8-17-25/h2-21H,1H3/b33-29?,34-30?,35-22+,36-32-. The van der Waals surface area contributed by atoms with Gasteiger partial charge in [0.2, 0.25) is 5.17 Å². The zero-order valence-electron chi connectivity index (χ0n) is 21.5. The SMILES string of the molecule is C/C(=N\N=C1/SC(=Nc2ccccc2)C(=Nc2ccccc2)N1c1ccccc1)c1cc2ccccc2oc1=O. The maximum absolute atomic E-state index is 12.7. The molecular weight excluding hydrogens is 518 g/mol. The molecule has 0 radical (unpaired) electrons. The third-order valence-electron chi connectivity index (χ3n) is 6.09. The average molecular weight is 542 g/mol. The summed E-state index contributed by atoms with van der Waals surface area (Å²) in [5.41, 5.74) is 3.31. The second-order valence-electron chi connectivity index (χ2n) is 8.85. The summed E-state index contributed by atoms with van der Waals surface area (Å²) < 4.78 is 5.50. The van der Waals surface area contributed by atoms with Gasteiger partial charge in [-0.05, 0) is 67.2 Å². The molecule has 6 rings (SSSR count). The zero-order valence-corrected chi connectivity index (χ0v) is 22.3. The largest absolute Gasteiger partial charge is 0.422 e. The third-order valence-corrected chi connectivity index (χ3v) is 7.01. The summed E-state index contributed by atoms with van der Waals surface area (Å²) in [6, 6.07) is 38.4. The molecule has 0 bridgehead atoms. The van der Waals surface area contributed by atoms with E-state index in [0.29, 0.717) is 32.9 Å². The monoisotopic (exact) mass is 541 g/mol. The molecule has 1 fully saturated rings. The van der Waals surface area contributed by atoms with Gasteiger partial charge in [-0.3, -0.25) is 4.90 Å². The number of aliphatic imine (C=N–C) groups is 2. The topological polar surface area (TPSA) is 82.9 Å². The highest BCUT2D eigenvalue weighted by Gasteiger charge is 2.35. The Morgan fingerprint density at radius 3 is 2.05 bits per heavy atom. The fourth-order valence-electron chi connectivity index (χ4n) is 4.14. The van der Waals surface area contributed by atoms with Gasteiger partial charge in [0.15, 0.2) is 5.84 Å². The quantitative estimate of drug-likeness (QED) is 0.130. The van der Waals surface area contributed by atoms with Gasteiger partial charge >= 0.3 is 5.63 Å². The van der Waals surface area contributed by atoms with Crippen molar-refractivity contribution in [3.8, 4) is 0 Å². The minimum Gasteiger partial charge on any atom is -0.422 e. The lowest BCUT2D eigenvalue weighted by atomic mass is 10.1. The van der Waals surface area contributed by atoms with Crippen LogP contribution in [0, 0.1) is 0 Å². The van der Waals surface area contributed by atoms with Crippen LogP contribution in [0.15, 0.2) is 151 Å². The number of fused-ring (bicyclic) bond motifs is 1. The second kappa shape index (κ2) is 11.3. The minimum absolute atomic E-state index is 0.355. The van der Waals surface area contributed by atoms with Gasteiger partial charge in [-0.1, -0.05) is 72.8 Å². The van der Waals surface area contributed by atoms with Crippen molar-refractivity contribution in [1.82, 2.24) is 0 Å². The Labute approximate surface area is 235 Å². The molecule has 8 heteroatoms. The van der Waals surface area contributed by atoms with Crippen LogP contribution in [-0.2, 0) is 0 Å². The number of para-hydroxylation sites is 4. The fourth-order valence-corrected chi connectivity index (χ4v) is 5.06. The Kier molecular flexibility index (Phi) is 7.15. The fraction of sp³-hybridized carbons (Fsp3) is 0.0312. The molecule has 1 saturated heterocycles. The summed E-state index contributed by atoms with van der Waals surface area (Å²) in [5, 5.41) is 11.1. The van der Waals surface area contributed by atoms with E-state index < -0.39 is 5.63 Å². The first kappa shape index (κ1) is 25.2. The Hall–Kier alpha value is -5.08. The number of anilines is 1. The molecule has 0 aliphatic carbocycles. The van der Waals surface area contributed by atoms with Crippen molar-refractivity contribution in [3.63, 3.8) is 0 Å². The van der Waals surface area contributed by atoms with Crippen molar-refractivity contribution < 1.29 is 4.42 Å². The lowest BCUT2D eigenvalue weighted by Gasteiger charge is -2.17. The van der Waals surface area contributed by atoms with Crippen LogP contribution in [0.2, 0.25) is 0 Å². The van der Waals surface area contributed by atoms with E-state index in [4.69, 9.17) is 14.4 Å². The Bertz CT molecular complexity index is 1850. The van der Waals surface area contributed by atoms with Gasteiger partial charge in [-0.15, -0.1) is 5.10 Å². The second-order valence-corrected chi connectivity index (χ2v) is 9.81. The number of thioether (sulfide) groups is 1. The number of amidine groups is 2. The molecule has 1 aliphatic heterocycles. The van der Waals surface area contributed by atoms with E-state index in [1.54, 1.807) is 19.1 Å². The predicted molar refractivity (Wildman–Crippen MR) is 166 cm³/mol. The van der Waals surface area contributed by atoms with Gasteiger partial charge in [-0.25, -0.2) is 14.8 Å². The first-order valence-corrected chi connectivity index (χ1v) is 13.4. The number of benzene rings is 4. The minimum atomic E-state index is -0.461. The molecule has 7 nitrogen and oxygen atoms in total. The van der Waals surface area contributed by atoms with E-state index in [0.717, 1.165) is 22.4 Å². The molecule has 4 aromatic carbocycles. The van der Waals surface area contributed by atoms with E-state index in [1.165, 1.54) is 11.8 Å². The Balaban J connectivity index is 1.48. The first-order chi connectivity index (χ1) is 19.7. The average Bonchev–Trinajstić information content (AvgIpc) is 3.33. The van der Waals surface area contributed by atoms with Crippen LogP contribution in [0.4, 0.5) is 17.1 Å². The van der Waals surface area contributed by atoms with Gasteiger partial charge in [0.25, 0.3) is 0 Å². The smallest absolute Gasteiger partial charge is 0.345 e. The highest BCUT2D eigenvalue weighted by atomic mass is 32.2. The lowest BCUT2D eigenvalue weighted by Crippen LogP contribution is -2.30. The van der Waals surface area contributed by atoms with E-state index in [9.17, 15) is 4.79 Å². The highest BCUT2D eigenvalue weighted by molar-refractivity contribution is 8.29. The molecule has 0 spiro atoms. The number of hydrogen-bond acceptors (Lipinski definition) is 7. The summed E-state index contributed by atoms with van der Waals surface area (Å²) in [7, 11) is 0. The first-order valence-electron chi connectivity index (χ1n) is 12.6. The molecule has 1 aromatic heterocycles. The van der Waals surface area contributed by atoms with E-state index in [1.807, 2.05) is 114 Å². The number of hydrogen-bond donors (Lipinski definition) is 0. The third kappa shape index (κ3) is 5.39. The Morgan fingerprint density at radius 2 is 1.35 bits per heavy atom. The molecular formula is C32H23N5O2S. The summed E-state index contributed by atoms with van der Waals surface area (Å²) in [5.74, 6) is 0.628. The van der Waals surface area contributed by atoms with Crippen molar-refractivity contribution in [1.29, 1.82) is 0 Å². The number of nitrogens with zero attached hydrogens (tertiary/aromatic N) is 5. The molecule has 0 atom stereocenters.